The van der Waals surface area contributed by atoms with Crippen LogP contribution in [0.15, 0.2) is 10.7 Å². The van der Waals surface area contributed by atoms with E-state index in [-0.39, 0.29) is 6.61 Å². The first-order chi connectivity index (χ1) is 5.63. The second-order valence-electron chi connectivity index (χ2n) is 2.19. The van der Waals surface area contributed by atoms with Crippen LogP contribution in [0.2, 0.25) is 0 Å². The number of aliphatic hydroxyl groups is 1. The molecule has 0 aliphatic carbocycles. The third-order valence-corrected chi connectivity index (χ3v) is 1.92. The lowest BCUT2D eigenvalue weighted by molar-refractivity contribution is 0.121. The lowest BCUT2D eigenvalue weighted by Gasteiger charge is -1.97. The van der Waals surface area contributed by atoms with Gasteiger partial charge in [-0.2, -0.15) is 5.10 Å². The molecule has 6 heteroatoms. The Kier molecular flexibility index (Phi) is 3.16. The third kappa shape index (κ3) is 2.25. The molecule has 0 aliphatic rings. The van der Waals surface area contributed by atoms with Gasteiger partial charge in [0, 0.05) is 6.20 Å². The molecule has 0 atom stereocenters. The summed E-state index contributed by atoms with van der Waals surface area (Å²) in [4.78, 5) is 0. The molecule has 0 aromatic carbocycles. The Balaban J connectivity index is 2.75. The van der Waals surface area contributed by atoms with Gasteiger partial charge in [-0.05, 0) is 15.9 Å². The molecular weight excluding hydrogens is 234 g/mol. The van der Waals surface area contributed by atoms with Gasteiger partial charge in [-0.25, -0.2) is 8.78 Å². The molecule has 3 nitrogen and oxygen atoms in total. The fourth-order valence-electron chi connectivity index (χ4n) is 0.779. The maximum Gasteiger partial charge on any atom is 0.257 e. The van der Waals surface area contributed by atoms with E-state index >= 15 is 0 Å². The molecule has 12 heavy (non-hydrogen) atoms. The van der Waals surface area contributed by atoms with Crippen molar-refractivity contribution in [3.05, 3.63) is 16.4 Å². The Morgan fingerprint density at radius 3 is 2.75 bits per heavy atom. The first-order valence-corrected chi connectivity index (χ1v) is 4.03. The lowest BCUT2D eigenvalue weighted by Crippen LogP contribution is -2.07. The molecule has 0 bridgehead atoms. The largest absolute Gasteiger partial charge is 0.390 e. The standard InChI is InChI=1S/C6H7BrF2N2O/c7-4-1-11(2-6(8)9)10-5(4)3-12/h1,6,12H,2-3H2. The Morgan fingerprint density at radius 2 is 2.33 bits per heavy atom. The second-order valence-corrected chi connectivity index (χ2v) is 3.05. The molecule has 1 aromatic rings. The molecule has 68 valence electrons. The molecule has 0 unspecified atom stereocenters. The van der Waals surface area contributed by atoms with Crippen LogP contribution >= 0.6 is 15.9 Å². The number of hydrogen-bond acceptors (Lipinski definition) is 2. The van der Waals surface area contributed by atoms with E-state index in [1.807, 2.05) is 0 Å². The zero-order valence-electron chi connectivity index (χ0n) is 6.04. The summed E-state index contributed by atoms with van der Waals surface area (Å²) in [5.41, 5.74) is 0.371. The summed E-state index contributed by atoms with van der Waals surface area (Å²) in [5.74, 6) is 0. The summed E-state index contributed by atoms with van der Waals surface area (Å²) in [6.45, 7) is -0.699. The van der Waals surface area contributed by atoms with E-state index in [1.54, 1.807) is 0 Å². The maximum absolute atomic E-state index is 11.8. The van der Waals surface area contributed by atoms with Crippen LogP contribution in [0, 0.1) is 0 Å². The molecule has 0 fully saturated rings. The van der Waals surface area contributed by atoms with E-state index in [0.717, 1.165) is 4.68 Å². The van der Waals surface area contributed by atoms with Crippen LogP contribution in [0.25, 0.3) is 0 Å². The number of rotatable bonds is 3. The summed E-state index contributed by atoms with van der Waals surface area (Å²) in [5, 5.41) is 12.4. The summed E-state index contributed by atoms with van der Waals surface area (Å²) in [7, 11) is 0. The van der Waals surface area contributed by atoms with Crippen molar-refractivity contribution < 1.29 is 13.9 Å². The van der Waals surface area contributed by atoms with E-state index in [0.29, 0.717) is 10.2 Å². The van der Waals surface area contributed by atoms with Crippen LogP contribution in [0.4, 0.5) is 8.78 Å². The van der Waals surface area contributed by atoms with Gasteiger partial charge in [0.05, 0.1) is 11.1 Å². The quantitative estimate of drug-likeness (QED) is 0.868. The molecule has 0 aliphatic heterocycles. The molecule has 0 saturated heterocycles. The summed E-state index contributed by atoms with van der Waals surface area (Å²) in [6, 6.07) is 0. The molecular formula is C6H7BrF2N2O. The molecule has 0 radical (unpaired) electrons. The number of nitrogens with zero attached hydrogens (tertiary/aromatic N) is 2. The average Bonchev–Trinajstić information content (AvgIpc) is 2.29. The van der Waals surface area contributed by atoms with Crippen molar-refractivity contribution in [2.45, 2.75) is 19.6 Å². The van der Waals surface area contributed by atoms with E-state index in [9.17, 15) is 8.78 Å². The molecule has 1 N–H and O–H groups in total. The van der Waals surface area contributed by atoms with Crippen LogP contribution < -0.4 is 0 Å². The average molecular weight is 241 g/mol. The highest BCUT2D eigenvalue weighted by atomic mass is 79.9. The van der Waals surface area contributed by atoms with Crippen LogP contribution in [0.1, 0.15) is 5.69 Å². The SMILES string of the molecule is OCc1nn(CC(F)F)cc1Br. The fraction of sp³-hybridized carbons (Fsp3) is 0.500. The summed E-state index contributed by atoms with van der Waals surface area (Å²) < 4.78 is 25.3. The smallest absolute Gasteiger partial charge is 0.257 e. The van der Waals surface area contributed by atoms with Gasteiger partial charge >= 0.3 is 0 Å². The first kappa shape index (κ1) is 9.60. The predicted molar refractivity (Wildman–Crippen MR) is 41.9 cm³/mol. The highest BCUT2D eigenvalue weighted by Crippen LogP contribution is 2.15. The minimum Gasteiger partial charge on any atom is -0.390 e. The normalized spacial score (nSPS) is 11.1. The van der Waals surface area contributed by atoms with Crippen LogP contribution in [-0.4, -0.2) is 21.3 Å². The Bertz CT molecular complexity index is 264. The highest BCUT2D eigenvalue weighted by molar-refractivity contribution is 9.10. The number of aromatic nitrogens is 2. The van der Waals surface area contributed by atoms with Gasteiger partial charge in [-0.1, -0.05) is 0 Å². The third-order valence-electron chi connectivity index (χ3n) is 1.26. The molecule has 0 saturated carbocycles. The first-order valence-electron chi connectivity index (χ1n) is 3.24. The van der Waals surface area contributed by atoms with Crippen molar-refractivity contribution >= 4 is 15.9 Å². The van der Waals surface area contributed by atoms with Gasteiger partial charge in [0.15, 0.2) is 0 Å². The van der Waals surface area contributed by atoms with Crippen molar-refractivity contribution in [1.29, 1.82) is 0 Å². The number of alkyl halides is 2. The molecule has 0 amide bonds. The molecule has 1 rings (SSSR count). The van der Waals surface area contributed by atoms with Crippen molar-refractivity contribution in [2.24, 2.45) is 0 Å². The van der Waals surface area contributed by atoms with Gasteiger partial charge in [-0.15, -0.1) is 0 Å². The Hall–Kier alpha value is -0.490. The Morgan fingerprint density at radius 1 is 1.67 bits per heavy atom. The fourth-order valence-corrected chi connectivity index (χ4v) is 1.22. The second kappa shape index (κ2) is 3.95. The number of halogens is 3. The maximum atomic E-state index is 11.8. The van der Waals surface area contributed by atoms with E-state index in [4.69, 9.17) is 5.11 Å². The predicted octanol–water partition coefficient (Wildman–Crippen LogP) is 1.40. The monoisotopic (exact) mass is 240 g/mol. The van der Waals surface area contributed by atoms with Gasteiger partial charge in [-0.3, -0.25) is 4.68 Å². The van der Waals surface area contributed by atoms with Crippen LogP contribution in [0.3, 0.4) is 0 Å². The van der Waals surface area contributed by atoms with E-state index < -0.39 is 13.0 Å². The number of aliphatic hydroxyl groups excluding tert-OH is 1. The van der Waals surface area contributed by atoms with Crippen LogP contribution in [-0.2, 0) is 13.2 Å². The van der Waals surface area contributed by atoms with Gasteiger partial charge in [0.25, 0.3) is 6.43 Å². The highest BCUT2D eigenvalue weighted by Gasteiger charge is 2.08. The van der Waals surface area contributed by atoms with Gasteiger partial charge in [0.2, 0.25) is 0 Å². The van der Waals surface area contributed by atoms with E-state index in [2.05, 4.69) is 21.0 Å². The van der Waals surface area contributed by atoms with Crippen LogP contribution in [0.5, 0.6) is 0 Å². The van der Waals surface area contributed by atoms with Gasteiger partial charge < -0.3 is 5.11 Å². The lowest BCUT2D eigenvalue weighted by atomic mass is 10.5. The zero-order valence-corrected chi connectivity index (χ0v) is 7.63. The van der Waals surface area contributed by atoms with E-state index in [1.165, 1.54) is 6.20 Å². The van der Waals surface area contributed by atoms with Gasteiger partial charge in [0.1, 0.15) is 12.2 Å². The summed E-state index contributed by atoms with van der Waals surface area (Å²) >= 11 is 3.08. The van der Waals surface area contributed by atoms with Crippen molar-refractivity contribution in [1.82, 2.24) is 9.78 Å². The summed E-state index contributed by atoms with van der Waals surface area (Å²) in [6.07, 6.45) is -1.01. The molecule has 1 heterocycles. The Labute approximate surface area is 76.1 Å². The number of hydrogen-bond donors (Lipinski definition) is 1. The minimum atomic E-state index is -2.43. The zero-order chi connectivity index (χ0) is 9.14. The van der Waals surface area contributed by atoms with Crippen molar-refractivity contribution in [3.8, 4) is 0 Å². The molecule has 1 aromatic heterocycles. The topological polar surface area (TPSA) is 38.1 Å². The van der Waals surface area contributed by atoms with Crippen molar-refractivity contribution in [2.75, 3.05) is 0 Å². The molecule has 0 spiro atoms. The van der Waals surface area contributed by atoms with Crippen molar-refractivity contribution in [3.63, 3.8) is 0 Å². The minimum absolute atomic E-state index is 0.253.